The highest BCUT2D eigenvalue weighted by Crippen LogP contribution is 2.32. The minimum absolute atomic E-state index is 0.161. The van der Waals surface area contributed by atoms with E-state index >= 15 is 0 Å². The highest BCUT2D eigenvalue weighted by atomic mass is 32.1. The van der Waals surface area contributed by atoms with Crippen LogP contribution < -0.4 is 5.73 Å². The third kappa shape index (κ3) is 3.58. The van der Waals surface area contributed by atoms with Crippen molar-refractivity contribution in [3.63, 3.8) is 0 Å². The summed E-state index contributed by atoms with van der Waals surface area (Å²) in [5, 5.41) is 5.65. The van der Waals surface area contributed by atoms with E-state index in [1.54, 1.807) is 4.90 Å². The SMILES string of the molecule is Cc1ccc(Cn2nc(C)c3cc(C(=O)N4Cc5ccccc5CC4C(N)=O)sc32)cc1. The number of hydrogen-bond acceptors (Lipinski definition) is 4. The number of primary amides is 1. The highest BCUT2D eigenvalue weighted by Gasteiger charge is 2.34. The van der Waals surface area contributed by atoms with E-state index in [-0.39, 0.29) is 5.91 Å². The maximum absolute atomic E-state index is 13.5. The Labute approximate surface area is 190 Å². The lowest BCUT2D eigenvalue weighted by molar-refractivity contribution is -0.122. The third-order valence-electron chi connectivity index (χ3n) is 6.11. The molecule has 1 aliphatic heterocycles. The van der Waals surface area contributed by atoms with Crippen LogP contribution in [0.2, 0.25) is 0 Å². The highest BCUT2D eigenvalue weighted by molar-refractivity contribution is 7.20. The van der Waals surface area contributed by atoms with Gasteiger partial charge in [0, 0.05) is 18.4 Å². The van der Waals surface area contributed by atoms with E-state index in [2.05, 4.69) is 36.3 Å². The van der Waals surface area contributed by atoms with Crippen LogP contribution in [0.3, 0.4) is 0 Å². The number of carbonyl (C=O) groups excluding carboxylic acids is 2. The molecule has 3 heterocycles. The molecule has 0 fully saturated rings. The predicted octanol–water partition coefficient (Wildman–Crippen LogP) is 3.82. The Balaban J connectivity index is 1.48. The zero-order chi connectivity index (χ0) is 22.4. The summed E-state index contributed by atoms with van der Waals surface area (Å²) in [6.07, 6.45) is 0.447. The lowest BCUT2D eigenvalue weighted by Crippen LogP contribution is -2.51. The summed E-state index contributed by atoms with van der Waals surface area (Å²) in [6, 6.07) is 17.5. The van der Waals surface area contributed by atoms with Gasteiger partial charge in [-0.05, 0) is 36.6 Å². The molecule has 162 valence electrons. The van der Waals surface area contributed by atoms with Crippen LogP contribution in [0.5, 0.6) is 0 Å². The molecule has 4 aromatic rings. The molecule has 1 aliphatic rings. The van der Waals surface area contributed by atoms with Gasteiger partial charge < -0.3 is 10.6 Å². The zero-order valence-electron chi connectivity index (χ0n) is 18.0. The van der Waals surface area contributed by atoms with E-state index < -0.39 is 11.9 Å². The van der Waals surface area contributed by atoms with Crippen LogP contribution in [-0.2, 0) is 24.3 Å². The lowest BCUT2D eigenvalue weighted by Gasteiger charge is -2.34. The number of aromatic nitrogens is 2. The Kier molecular flexibility index (Phi) is 5.06. The predicted molar refractivity (Wildman–Crippen MR) is 126 cm³/mol. The molecule has 7 heteroatoms. The molecule has 0 saturated heterocycles. The number of benzene rings is 2. The minimum atomic E-state index is -0.646. The van der Waals surface area contributed by atoms with Crippen LogP contribution >= 0.6 is 11.3 Å². The molecule has 6 nitrogen and oxygen atoms in total. The van der Waals surface area contributed by atoms with Gasteiger partial charge in [-0.3, -0.25) is 14.3 Å². The van der Waals surface area contributed by atoms with E-state index in [9.17, 15) is 9.59 Å². The molecule has 0 saturated carbocycles. The van der Waals surface area contributed by atoms with Crippen LogP contribution in [-0.4, -0.2) is 32.5 Å². The van der Waals surface area contributed by atoms with Crippen molar-refractivity contribution in [1.82, 2.24) is 14.7 Å². The number of nitrogens with zero attached hydrogens (tertiary/aromatic N) is 3. The third-order valence-corrected chi connectivity index (χ3v) is 7.25. The number of nitrogens with two attached hydrogens (primary N) is 1. The van der Waals surface area contributed by atoms with E-state index in [0.717, 1.165) is 32.6 Å². The summed E-state index contributed by atoms with van der Waals surface area (Å²) in [4.78, 5) is 28.9. The van der Waals surface area contributed by atoms with Gasteiger partial charge in [0.2, 0.25) is 5.91 Å². The molecule has 2 aromatic heterocycles. The molecular formula is C25H24N4O2S. The number of hydrogen-bond donors (Lipinski definition) is 1. The Bertz CT molecular complexity index is 1340. The molecule has 2 N–H and O–H groups in total. The minimum Gasteiger partial charge on any atom is -0.368 e. The number of rotatable bonds is 4. The maximum Gasteiger partial charge on any atom is 0.265 e. The Morgan fingerprint density at radius 1 is 1.09 bits per heavy atom. The molecule has 0 radical (unpaired) electrons. The average molecular weight is 445 g/mol. The molecular weight excluding hydrogens is 420 g/mol. The van der Waals surface area contributed by atoms with Gasteiger partial charge in [0.15, 0.2) is 0 Å². The van der Waals surface area contributed by atoms with Crippen molar-refractivity contribution < 1.29 is 9.59 Å². The summed E-state index contributed by atoms with van der Waals surface area (Å²) < 4.78 is 1.95. The number of amides is 2. The van der Waals surface area contributed by atoms with Crippen molar-refractivity contribution >= 4 is 33.4 Å². The zero-order valence-corrected chi connectivity index (χ0v) is 18.9. The van der Waals surface area contributed by atoms with Gasteiger partial charge in [0.25, 0.3) is 5.91 Å². The first-order valence-corrected chi connectivity index (χ1v) is 11.4. The summed E-state index contributed by atoms with van der Waals surface area (Å²) in [5.41, 5.74) is 11.1. The molecule has 0 spiro atoms. The van der Waals surface area contributed by atoms with Crippen LogP contribution in [0, 0.1) is 13.8 Å². The largest absolute Gasteiger partial charge is 0.368 e. The van der Waals surface area contributed by atoms with Crippen molar-refractivity contribution in [3.05, 3.63) is 87.4 Å². The van der Waals surface area contributed by atoms with Crippen molar-refractivity contribution in [2.45, 2.75) is 39.4 Å². The van der Waals surface area contributed by atoms with E-state index in [4.69, 9.17) is 5.73 Å². The fourth-order valence-electron chi connectivity index (χ4n) is 4.32. The topological polar surface area (TPSA) is 81.2 Å². The normalized spacial score (nSPS) is 15.7. The molecule has 1 unspecified atom stereocenters. The molecule has 0 bridgehead atoms. The fraction of sp³-hybridized carbons (Fsp3) is 0.240. The second-order valence-electron chi connectivity index (χ2n) is 8.38. The summed E-state index contributed by atoms with van der Waals surface area (Å²) in [6.45, 7) is 5.04. The van der Waals surface area contributed by atoms with Crippen molar-refractivity contribution in [2.24, 2.45) is 5.73 Å². The van der Waals surface area contributed by atoms with Crippen LogP contribution in [0.15, 0.2) is 54.6 Å². The van der Waals surface area contributed by atoms with Crippen LogP contribution in [0.1, 0.15) is 37.6 Å². The van der Waals surface area contributed by atoms with Crippen molar-refractivity contribution in [3.8, 4) is 0 Å². The number of thiophene rings is 1. The quantitative estimate of drug-likeness (QED) is 0.520. The van der Waals surface area contributed by atoms with Crippen molar-refractivity contribution in [2.75, 3.05) is 0 Å². The second-order valence-corrected chi connectivity index (χ2v) is 9.41. The van der Waals surface area contributed by atoms with Gasteiger partial charge >= 0.3 is 0 Å². The van der Waals surface area contributed by atoms with Gasteiger partial charge in [0.05, 0.1) is 17.1 Å². The summed E-state index contributed by atoms with van der Waals surface area (Å²) >= 11 is 1.42. The van der Waals surface area contributed by atoms with Gasteiger partial charge in [-0.25, -0.2) is 0 Å². The number of fused-ring (bicyclic) bond motifs is 2. The first kappa shape index (κ1) is 20.5. The van der Waals surface area contributed by atoms with Gasteiger partial charge in [0.1, 0.15) is 10.9 Å². The Morgan fingerprint density at radius 2 is 1.81 bits per heavy atom. The second kappa shape index (κ2) is 7.91. The smallest absolute Gasteiger partial charge is 0.265 e. The Morgan fingerprint density at radius 3 is 2.53 bits per heavy atom. The monoisotopic (exact) mass is 444 g/mol. The Hall–Kier alpha value is -3.45. The summed E-state index contributed by atoms with van der Waals surface area (Å²) in [5.74, 6) is -0.638. The van der Waals surface area contributed by atoms with Gasteiger partial charge in [-0.1, -0.05) is 54.1 Å². The standard InChI is InChI=1S/C25H24N4O2S/c1-15-7-9-17(10-8-15)13-29-25-20(16(2)27-29)12-22(32-25)24(31)28-14-19-6-4-3-5-18(19)11-21(28)23(26)30/h3-10,12,21H,11,13-14H2,1-2H3,(H2,26,30). The van der Waals surface area contributed by atoms with Crippen LogP contribution in [0.25, 0.3) is 10.2 Å². The molecule has 32 heavy (non-hydrogen) atoms. The molecule has 2 aromatic carbocycles. The lowest BCUT2D eigenvalue weighted by atomic mass is 9.93. The number of carbonyl (C=O) groups is 2. The first-order valence-electron chi connectivity index (χ1n) is 10.6. The van der Waals surface area contributed by atoms with Gasteiger partial charge in [-0.2, -0.15) is 5.10 Å². The van der Waals surface area contributed by atoms with Crippen LogP contribution in [0.4, 0.5) is 0 Å². The van der Waals surface area contributed by atoms with Gasteiger partial charge in [-0.15, -0.1) is 11.3 Å². The average Bonchev–Trinajstić information content (AvgIpc) is 3.35. The maximum atomic E-state index is 13.5. The number of aryl methyl sites for hydroxylation is 2. The fourth-order valence-corrected chi connectivity index (χ4v) is 5.44. The van der Waals surface area contributed by atoms with Crippen molar-refractivity contribution in [1.29, 1.82) is 0 Å². The van der Waals surface area contributed by atoms with E-state index in [1.807, 2.05) is 41.9 Å². The molecule has 0 aliphatic carbocycles. The van der Waals surface area contributed by atoms with E-state index in [0.29, 0.717) is 24.4 Å². The molecule has 1 atom stereocenters. The van der Waals surface area contributed by atoms with E-state index in [1.165, 1.54) is 16.9 Å². The first-order chi connectivity index (χ1) is 15.4. The molecule has 2 amide bonds. The molecule has 5 rings (SSSR count). The summed E-state index contributed by atoms with van der Waals surface area (Å²) in [7, 11) is 0.